The Kier molecular flexibility index (Phi) is 3.32. The molecule has 0 atom stereocenters. The minimum atomic E-state index is -0.497. The zero-order valence-corrected chi connectivity index (χ0v) is 10.7. The van der Waals surface area contributed by atoms with Gasteiger partial charge in [-0.3, -0.25) is 15.1 Å². The van der Waals surface area contributed by atoms with Crippen molar-refractivity contribution >= 4 is 16.6 Å². The number of aromatic nitrogens is 1. The molecule has 1 heterocycles. The average molecular weight is 256 g/mol. The van der Waals surface area contributed by atoms with Gasteiger partial charge in [0.15, 0.2) is 0 Å². The van der Waals surface area contributed by atoms with Crippen molar-refractivity contribution in [3.63, 3.8) is 0 Å². The number of non-ortho nitro benzene ring substituents is 1. The third kappa shape index (κ3) is 1.94. The van der Waals surface area contributed by atoms with Crippen LogP contribution >= 0.6 is 0 Å². The van der Waals surface area contributed by atoms with Gasteiger partial charge in [-0.25, -0.2) is 0 Å². The number of hydrogen-bond donors (Lipinski definition) is 1. The average Bonchev–Trinajstić information content (AvgIpc) is 2.18. The maximum atomic E-state index is 10.6. The van der Waals surface area contributed by atoms with Crippen molar-refractivity contribution in [1.82, 2.24) is 4.98 Å². The molecule has 2 aromatic rings. The first-order chi connectivity index (χ1) is 6.70. The van der Waals surface area contributed by atoms with Gasteiger partial charge < -0.3 is 5.11 Å². The molecule has 1 aromatic heterocycles. The van der Waals surface area contributed by atoms with Crippen molar-refractivity contribution in [2.45, 2.75) is 0 Å². The van der Waals surface area contributed by atoms with Crippen LogP contribution in [0.25, 0.3) is 10.9 Å². The Labute approximate surface area is 97.7 Å². The predicted octanol–water partition coefficient (Wildman–Crippen LogP) is 1.85. The molecule has 0 saturated heterocycles. The van der Waals surface area contributed by atoms with E-state index in [4.69, 9.17) is 0 Å². The Balaban J connectivity index is 0.00000112. The number of phenolic OH excluding ortho intramolecular Hbond substituents is 1. The summed E-state index contributed by atoms with van der Waals surface area (Å²) in [5.41, 5.74) is 0.201. The standard InChI is InChI=1S/C9H6N2O3.Zn/c12-8-4-3-7(11(13)14)6-2-1-5-10-9(6)8;/h1-5,12H;. The first-order valence-corrected chi connectivity index (χ1v) is 3.91. The number of rotatable bonds is 1. The van der Waals surface area contributed by atoms with Crippen LogP contribution in [-0.4, -0.2) is 15.0 Å². The van der Waals surface area contributed by atoms with Crippen LogP contribution in [0, 0.1) is 10.1 Å². The smallest absolute Gasteiger partial charge is 0.279 e. The van der Waals surface area contributed by atoms with Crippen molar-refractivity contribution in [2.75, 3.05) is 0 Å². The van der Waals surface area contributed by atoms with Crippen molar-refractivity contribution in [1.29, 1.82) is 0 Å². The normalized spacial score (nSPS) is 9.60. The molecule has 0 fully saturated rings. The van der Waals surface area contributed by atoms with E-state index in [1.165, 1.54) is 18.3 Å². The predicted molar refractivity (Wildman–Crippen MR) is 50.1 cm³/mol. The fourth-order valence-electron chi connectivity index (χ4n) is 1.30. The van der Waals surface area contributed by atoms with E-state index in [1.54, 1.807) is 12.1 Å². The van der Waals surface area contributed by atoms with E-state index in [9.17, 15) is 15.2 Å². The summed E-state index contributed by atoms with van der Waals surface area (Å²) < 4.78 is 0. The molecule has 0 unspecified atom stereocenters. The maximum Gasteiger partial charge on any atom is 0.279 e. The summed E-state index contributed by atoms with van der Waals surface area (Å²) in [6, 6.07) is 5.68. The number of nitro groups is 1. The second-order valence-corrected chi connectivity index (χ2v) is 2.76. The summed E-state index contributed by atoms with van der Waals surface area (Å²) in [7, 11) is 0. The molecule has 72 valence electrons. The molecule has 5 nitrogen and oxygen atoms in total. The van der Waals surface area contributed by atoms with Crippen LogP contribution in [-0.2, 0) is 19.5 Å². The van der Waals surface area contributed by atoms with E-state index >= 15 is 0 Å². The molecule has 0 radical (unpaired) electrons. The van der Waals surface area contributed by atoms with Crippen LogP contribution in [0.5, 0.6) is 5.75 Å². The Morgan fingerprint density at radius 2 is 2.07 bits per heavy atom. The number of nitro benzene ring substituents is 1. The Morgan fingerprint density at radius 3 is 2.73 bits per heavy atom. The van der Waals surface area contributed by atoms with Crippen LogP contribution in [0.1, 0.15) is 0 Å². The molecular weight excluding hydrogens is 249 g/mol. The zero-order valence-electron chi connectivity index (χ0n) is 7.75. The molecular formula is C9H6N2O3Zn. The van der Waals surface area contributed by atoms with Gasteiger partial charge in [-0.15, -0.1) is 0 Å². The van der Waals surface area contributed by atoms with Crippen LogP contribution in [0.15, 0.2) is 30.5 Å². The number of benzene rings is 1. The molecule has 0 amide bonds. The Morgan fingerprint density at radius 1 is 1.33 bits per heavy atom. The van der Waals surface area contributed by atoms with Crippen molar-refractivity contribution in [3.8, 4) is 5.75 Å². The summed E-state index contributed by atoms with van der Waals surface area (Å²) in [4.78, 5) is 14.0. The van der Waals surface area contributed by atoms with Crippen LogP contribution < -0.4 is 0 Å². The van der Waals surface area contributed by atoms with Crippen molar-refractivity contribution in [2.24, 2.45) is 0 Å². The van der Waals surface area contributed by atoms with Gasteiger partial charge in [-0.05, 0) is 18.2 Å². The summed E-state index contributed by atoms with van der Waals surface area (Å²) in [5.74, 6) is -0.0498. The molecule has 0 aliphatic heterocycles. The molecule has 15 heavy (non-hydrogen) atoms. The zero-order chi connectivity index (χ0) is 10.1. The number of hydrogen-bond acceptors (Lipinski definition) is 4. The number of pyridine rings is 1. The topological polar surface area (TPSA) is 76.3 Å². The van der Waals surface area contributed by atoms with Gasteiger partial charge >= 0.3 is 0 Å². The quantitative estimate of drug-likeness (QED) is 0.479. The molecule has 1 aromatic carbocycles. The van der Waals surface area contributed by atoms with E-state index in [-0.39, 0.29) is 36.4 Å². The number of nitrogens with zero attached hydrogens (tertiary/aromatic N) is 2. The van der Waals surface area contributed by atoms with Gasteiger partial charge in [0.2, 0.25) is 0 Å². The van der Waals surface area contributed by atoms with E-state index < -0.39 is 4.92 Å². The van der Waals surface area contributed by atoms with Gasteiger partial charge in [0.05, 0.1) is 10.3 Å². The minimum Gasteiger partial charge on any atom is -0.506 e. The SMILES string of the molecule is O=[N+]([O-])c1ccc(O)c2ncccc12.[Zn]. The van der Waals surface area contributed by atoms with E-state index in [0.29, 0.717) is 5.39 Å². The fraction of sp³-hybridized carbons (Fsp3) is 0. The van der Waals surface area contributed by atoms with Gasteiger partial charge in [0.25, 0.3) is 5.69 Å². The van der Waals surface area contributed by atoms with Crippen molar-refractivity contribution < 1.29 is 29.5 Å². The Hall–Kier alpha value is -1.55. The van der Waals surface area contributed by atoms with Gasteiger partial charge in [0.1, 0.15) is 11.3 Å². The van der Waals surface area contributed by atoms with Crippen LogP contribution in [0.3, 0.4) is 0 Å². The number of aromatic hydroxyl groups is 1. The first kappa shape index (κ1) is 11.5. The van der Waals surface area contributed by atoms with E-state index in [2.05, 4.69) is 4.98 Å². The largest absolute Gasteiger partial charge is 0.506 e. The monoisotopic (exact) mass is 254 g/mol. The summed E-state index contributed by atoms with van der Waals surface area (Å²) in [6.45, 7) is 0. The molecule has 1 N–H and O–H groups in total. The number of fused-ring (bicyclic) bond motifs is 1. The molecule has 0 saturated carbocycles. The summed E-state index contributed by atoms with van der Waals surface area (Å²) in [5, 5.41) is 20.4. The maximum absolute atomic E-state index is 10.6. The van der Waals surface area contributed by atoms with Crippen LogP contribution in [0.4, 0.5) is 5.69 Å². The third-order valence-corrected chi connectivity index (χ3v) is 1.92. The molecule has 0 spiro atoms. The molecule has 0 aliphatic carbocycles. The van der Waals surface area contributed by atoms with Gasteiger partial charge in [-0.1, -0.05) is 0 Å². The molecule has 2 rings (SSSR count). The Bertz CT molecular complexity index is 516. The van der Waals surface area contributed by atoms with Crippen molar-refractivity contribution in [3.05, 3.63) is 40.6 Å². The van der Waals surface area contributed by atoms with Gasteiger partial charge in [0, 0.05) is 31.7 Å². The summed E-state index contributed by atoms with van der Waals surface area (Å²) >= 11 is 0. The van der Waals surface area contributed by atoms with Crippen LogP contribution in [0.2, 0.25) is 0 Å². The number of phenols is 1. The summed E-state index contributed by atoms with van der Waals surface area (Å²) in [6.07, 6.45) is 1.48. The first-order valence-electron chi connectivity index (χ1n) is 3.91. The minimum absolute atomic E-state index is 0. The van der Waals surface area contributed by atoms with E-state index in [1.807, 2.05) is 0 Å². The second kappa shape index (κ2) is 4.32. The van der Waals surface area contributed by atoms with Gasteiger partial charge in [-0.2, -0.15) is 0 Å². The molecule has 0 bridgehead atoms. The third-order valence-electron chi connectivity index (χ3n) is 1.92. The van der Waals surface area contributed by atoms with E-state index in [0.717, 1.165) is 0 Å². The second-order valence-electron chi connectivity index (χ2n) is 2.76. The fourth-order valence-corrected chi connectivity index (χ4v) is 1.30. The molecule has 0 aliphatic rings. The molecule has 6 heteroatoms.